The molecule has 2 heterocycles. The average molecular weight is 439 g/mol. The van der Waals surface area contributed by atoms with Crippen LogP contribution in [0.2, 0.25) is 0 Å². The third kappa shape index (κ3) is 4.43. The van der Waals surface area contributed by atoms with Gasteiger partial charge in [-0.3, -0.25) is 9.69 Å². The Morgan fingerprint density at radius 2 is 2.07 bits per heavy atom. The van der Waals surface area contributed by atoms with E-state index in [2.05, 4.69) is 31.1 Å². The molecule has 0 radical (unpaired) electrons. The molecule has 1 saturated carbocycles. The van der Waals surface area contributed by atoms with Crippen molar-refractivity contribution < 1.29 is 14.3 Å². The molecule has 0 bridgehead atoms. The van der Waals surface area contributed by atoms with E-state index in [0.29, 0.717) is 16.8 Å². The van der Waals surface area contributed by atoms with Crippen molar-refractivity contribution in [1.82, 2.24) is 14.8 Å². The summed E-state index contributed by atoms with van der Waals surface area (Å²) >= 11 is 3.30. The van der Waals surface area contributed by atoms with Gasteiger partial charge in [-0.1, -0.05) is 6.07 Å². The molecule has 0 spiro atoms. The number of rotatable bonds is 4. The van der Waals surface area contributed by atoms with Crippen LogP contribution in [0, 0.1) is 5.41 Å². The summed E-state index contributed by atoms with van der Waals surface area (Å²) in [5, 5.41) is 2.84. The number of nitrogens with one attached hydrogen (secondary N) is 1. The molecule has 1 aliphatic carbocycles. The molecular formula is C19H27BrN4O3. The molecular weight excluding hydrogens is 412 g/mol. The number of aromatic nitrogens is 1. The fourth-order valence-corrected chi connectivity index (χ4v) is 4.32. The zero-order valence-electron chi connectivity index (χ0n) is 16.5. The van der Waals surface area contributed by atoms with E-state index < -0.39 is 17.7 Å². The van der Waals surface area contributed by atoms with Gasteiger partial charge in [-0.25, -0.2) is 9.78 Å². The second kappa shape index (κ2) is 7.05. The van der Waals surface area contributed by atoms with Crippen LogP contribution in [-0.4, -0.2) is 65.1 Å². The van der Waals surface area contributed by atoms with Gasteiger partial charge in [0.05, 0.1) is 0 Å². The van der Waals surface area contributed by atoms with Crippen molar-refractivity contribution in [2.24, 2.45) is 5.41 Å². The second-order valence-electron chi connectivity index (χ2n) is 8.76. The number of ether oxygens (including phenoxy) is 1. The van der Waals surface area contributed by atoms with Gasteiger partial charge in [-0.15, -0.1) is 0 Å². The van der Waals surface area contributed by atoms with Gasteiger partial charge >= 0.3 is 6.09 Å². The Morgan fingerprint density at radius 1 is 1.37 bits per heavy atom. The number of piperidine rings is 1. The highest BCUT2D eigenvalue weighted by Crippen LogP contribution is 2.60. The predicted octanol–water partition coefficient (Wildman–Crippen LogP) is 3.11. The van der Waals surface area contributed by atoms with Crippen molar-refractivity contribution in [1.29, 1.82) is 0 Å². The lowest BCUT2D eigenvalue weighted by Gasteiger charge is -2.29. The first kappa shape index (κ1) is 20.1. The number of carbonyl (C=O) groups is 2. The van der Waals surface area contributed by atoms with Crippen LogP contribution >= 0.6 is 15.9 Å². The number of amides is 2. The number of hydrogen-bond donors (Lipinski definition) is 1. The summed E-state index contributed by atoms with van der Waals surface area (Å²) in [4.78, 5) is 33.8. The molecule has 0 aromatic carbocycles. The van der Waals surface area contributed by atoms with Crippen LogP contribution in [0.25, 0.3) is 0 Å². The topological polar surface area (TPSA) is 74.8 Å². The molecule has 1 aromatic heterocycles. The fourth-order valence-electron chi connectivity index (χ4n) is 3.98. The molecule has 2 unspecified atom stereocenters. The first-order valence-electron chi connectivity index (χ1n) is 9.10. The van der Waals surface area contributed by atoms with Crippen molar-refractivity contribution in [3.05, 3.63) is 22.8 Å². The third-order valence-electron chi connectivity index (χ3n) is 4.92. The van der Waals surface area contributed by atoms with Crippen LogP contribution < -0.4 is 5.32 Å². The Morgan fingerprint density at radius 3 is 2.67 bits per heavy atom. The van der Waals surface area contributed by atoms with Crippen LogP contribution in [-0.2, 0) is 9.53 Å². The maximum absolute atomic E-state index is 13.0. The van der Waals surface area contributed by atoms with E-state index in [1.807, 2.05) is 34.9 Å². The van der Waals surface area contributed by atoms with E-state index in [1.165, 1.54) is 0 Å². The number of nitrogens with zero attached hydrogens (tertiary/aromatic N) is 3. The van der Waals surface area contributed by atoms with E-state index in [0.717, 1.165) is 13.0 Å². The number of fused-ring (bicyclic) bond motifs is 1. The van der Waals surface area contributed by atoms with Crippen molar-refractivity contribution in [2.75, 3.05) is 26.0 Å². The number of halogens is 1. The maximum atomic E-state index is 13.0. The molecule has 1 aliphatic heterocycles. The van der Waals surface area contributed by atoms with E-state index >= 15 is 0 Å². The quantitative estimate of drug-likeness (QED) is 0.730. The smallest absolute Gasteiger partial charge is 0.411 e. The second-order valence-corrected chi connectivity index (χ2v) is 9.57. The van der Waals surface area contributed by atoms with Crippen molar-refractivity contribution in [3.8, 4) is 0 Å². The molecule has 8 heteroatoms. The lowest BCUT2D eigenvalue weighted by Crippen LogP contribution is -2.47. The molecule has 3 atom stereocenters. The summed E-state index contributed by atoms with van der Waals surface area (Å²) in [6.45, 7) is 6.35. The van der Waals surface area contributed by atoms with Gasteiger partial charge in [0.2, 0.25) is 5.91 Å². The molecule has 2 aliphatic rings. The number of carbonyl (C=O) groups excluding carboxylic acids is 2. The molecule has 7 nitrogen and oxygen atoms in total. The predicted molar refractivity (Wildman–Crippen MR) is 106 cm³/mol. The summed E-state index contributed by atoms with van der Waals surface area (Å²) in [5.41, 5.74) is -0.640. The van der Waals surface area contributed by atoms with Gasteiger partial charge in [0, 0.05) is 18.0 Å². The summed E-state index contributed by atoms with van der Waals surface area (Å²) < 4.78 is 6.23. The summed E-state index contributed by atoms with van der Waals surface area (Å²) in [6, 6.07) is 4.81. The van der Waals surface area contributed by atoms with E-state index in [9.17, 15) is 9.59 Å². The zero-order chi connectivity index (χ0) is 20.0. The fraction of sp³-hybridized carbons (Fsp3) is 0.632. The normalized spacial score (nSPS) is 26.7. The molecule has 27 heavy (non-hydrogen) atoms. The number of likely N-dealkylation sites (tertiary alicyclic amines) is 1. The Kier molecular flexibility index (Phi) is 5.24. The molecule has 3 rings (SSSR count). The van der Waals surface area contributed by atoms with Crippen molar-refractivity contribution >= 4 is 33.7 Å². The van der Waals surface area contributed by atoms with Crippen LogP contribution in [0.1, 0.15) is 33.6 Å². The first-order valence-corrected chi connectivity index (χ1v) is 9.89. The van der Waals surface area contributed by atoms with Crippen molar-refractivity contribution in [2.45, 2.75) is 51.3 Å². The molecule has 1 aromatic rings. The lowest BCUT2D eigenvalue weighted by molar-refractivity contribution is -0.121. The maximum Gasteiger partial charge on any atom is 0.411 e. The van der Waals surface area contributed by atoms with Crippen LogP contribution in [0.5, 0.6) is 0 Å². The standard InChI is InChI=1S/C19H27BrN4O3/c1-18(2,3)27-17(26)24-12(9-19(10-13(19)24)11-23(4)5)16(25)22-15-8-6-7-14(20)21-15/h6-8,12-13H,9-11H2,1-5H3,(H,21,22,25)/t12-,13?,19?/m0/s1. The lowest BCUT2D eigenvalue weighted by atomic mass is 9.98. The van der Waals surface area contributed by atoms with E-state index in [1.54, 1.807) is 23.1 Å². The van der Waals surface area contributed by atoms with Gasteiger partial charge in [0.1, 0.15) is 22.1 Å². The third-order valence-corrected chi connectivity index (χ3v) is 5.36. The summed E-state index contributed by atoms with van der Waals surface area (Å²) in [5.74, 6) is 0.234. The van der Waals surface area contributed by atoms with Gasteiger partial charge in [0.15, 0.2) is 0 Å². The Labute approximate surface area is 168 Å². The van der Waals surface area contributed by atoms with E-state index in [4.69, 9.17) is 4.74 Å². The number of hydrogen-bond acceptors (Lipinski definition) is 5. The van der Waals surface area contributed by atoms with Crippen LogP contribution in [0.4, 0.5) is 10.6 Å². The number of pyridine rings is 1. The highest BCUT2D eigenvalue weighted by Gasteiger charge is 2.67. The van der Waals surface area contributed by atoms with Crippen LogP contribution in [0.3, 0.4) is 0 Å². The Hall–Kier alpha value is -1.67. The van der Waals surface area contributed by atoms with Gasteiger partial charge < -0.3 is 15.0 Å². The largest absolute Gasteiger partial charge is 0.444 e. The van der Waals surface area contributed by atoms with Crippen molar-refractivity contribution in [3.63, 3.8) is 0 Å². The zero-order valence-corrected chi connectivity index (χ0v) is 18.0. The minimum Gasteiger partial charge on any atom is -0.444 e. The monoisotopic (exact) mass is 438 g/mol. The minimum absolute atomic E-state index is 0.0346. The summed E-state index contributed by atoms with van der Waals surface area (Å²) in [6.07, 6.45) is 1.12. The van der Waals surface area contributed by atoms with Gasteiger partial charge in [-0.2, -0.15) is 0 Å². The van der Waals surface area contributed by atoms with Gasteiger partial charge in [-0.05, 0) is 75.8 Å². The average Bonchev–Trinajstić information content (AvgIpc) is 3.07. The molecule has 2 fully saturated rings. The molecule has 2 amide bonds. The highest BCUT2D eigenvalue weighted by molar-refractivity contribution is 9.10. The Balaban J connectivity index is 1.80. The molecule has 1 N–H and O–H groups in total. The molecule has 148 valence electrons. The van der Waals surface area contributed by atoms with Gasteiger partial charge in [0.25, 0.3) is 0 Å². The van der Waals surface area contributed by atoms with E-state index in [-0.39, 0.29) is 17.4 Å². The molecule has 1 saturated heterocycles. The Bertz CT molecular complexity index is 749. The minimum atomic E-state index is -0.606. The highest BCUT2D eigenvalue weighted by atomic mass is 79.9. The summed E-state index contributed by atoms with van der Waals surface area (Å²) in [7, 11) is 4.03. The van der Waals surface area contributed by atoms with Crippen LogP contribution in [0.15, 0.2) is 22.8 Å². The SMILES string of the molecule is CN(C)CC12CC1N(C(=O)OC(C)(C)C)[C@H](C(=O)Nc1cccc(Br)n1)C2. The number of anilines is 1. The first-order chi connectivity index (χ1) is 12.5.